The molecule has 0 aliphatic rings. The third-order valence-electron chi connectivity index (χ3n) is 3.62. The van der Waals surface area contributed by atoms with Gasteiger partial charge in [-0.25, -0.2) is 9.97 Å². The number of benzene rings is 1. The fourth-order valence-electron chi connectivity index (χ4n) is 2.40. The Morgan fingerprint density at radius 1 is 1.15 bits per heavy atom. The average molecular weight is 374 g/mol. The van der Waals surface area contributed by atoms with E-state index < -0.39 is 10.8 Å². The third kappa shape index (κ3) is 3.67. The summed E-state index contributed by atoms with van der Waals surface area (Å²) in [6.07, 6.45) is 3.15. The maximum atomic E-state index is 11.9. The molecule has 136 valence electrons. The summed E-state index contributed by atoms with van der Waals surface area (Å²) in [6.45, 7) is 1.75. The molecule has 26 heavy (non-hydrogen) atoms. The normalized spacial score (nSPS) is 11.8. The van der Waals surface area contributed by atoms with Crippen molar-refractivity contribution < 1.29 is 18.2 Å². The molecule has 2 aromatic heterocycles. The molecule has 8 nitrogen and oxygen atoms in total. The van der Waals surface area contributed by atoms with Gasteiger partial charge in [-0.15, -0.1) is 0 Å². The SMILES string of the molecule is COc1cc(Nc2nccc(-c3c(S(C)=O)noc3C)n2)cc(OC)c1. The van der Waals surface area contributed by atoms with Gasteiger partial charge >= 0.3 is 0 Å². The summed E-state index contributed by atoms with van der Waals surface area (Å²) in [5, 5.41) is 7.33. The lowest BCUT2D eigenvalue weighted by Gasteiger charge is -2.10. The highest BCUT2D eigenvalue weighted by atomic mass is 32.2. The van der Waals surface area contributed by atoms with Crippen molar-refractivity contribution in [3.63, 3.8) is 0 Å². The van der Waals surface area contributed by atoms with Gasteiger partial charge in [0.25, 0.3) is 0 Å². The highest BCUT2D eigenvalue weighted by Gasteiger charge is 2.19. The van der Waals surface area contributed by atoms with E-state index in [-0.39, 0.29) is 0 Å². The van der Waals surface area contributed by atoms with E-state index in [1.165, 1.54) is 0 Å². The summed E-state index contributed by atoms with van der Waals surface area (Å²) in [5.41, 5.74) is 1.89. The van der Waals surface area contributed by atoms with E-state index in [1.54, 1.807) is 57.9 Å². The zero-order valence-corrected chi connectivity index (χ0v) is 15.6. The topological polar surface area (TPSA) is 99.4 Å². The van der Waals surface area contributed by atoms with Crippen LogP contribution in [0.5, 0.6) is 11.5 Å². The Hall–Kier alpha value is -2.94. The fraction of sp³-hybridized carbons (Fsp3) is 0.235. The molecule has 0 saturated carbocycles. The highest BCUT2D eigenvalue weighted by Crippen LogP contribution is 2.30. The van der Waals surface area contributed by atoms with Gasteiger partial charge < -0.3 is 19.3 Å². The van der Waals surface area contributed by atoms with Gasteiger partial charge in [-0.1, -0.05) is 5.16 Å². The minimum absolute atomic E-state index is 0.357. The number of aromatic nitrogens is 3. The van der Waals surface area contributed by atoms with E-state index in [9.17, 15) is 4.21 Å². The van der Waals surface area contributed by atoms with Crippen LogP contribution in [0.25, 0.3) is 11.3 Å². The number of ether oxygens (including phenoxy) is 2. The number of hydrogen-bond donors (Lipinski definition) is 1. The van der Waals surface area contributed by atoms with Crippen LogP contribution in [0, 0.1) is 6.92 Å². The number of methoxy groups -OCH3 is 2. The second kappa shape index (κ2) is 7.52. The van der Waals surface area contributed by atoms with Crippen LogP contribution in [0.15, 0.2) is 40.0 Å². The number of anilines is 2. The molecule has 0 fully saturated rings. The molecular formula is C17H18N4O4S. The van der Waals surface area contributed by atoms with E-state index in [2.05, 4.69) is 20.4 Å². The number of rotatable bonds is 6. The van der Waals surface area contributed by atoms with E-state index >= 15 is 0 Å². The summed E-state index contributed by atoms with van der Waals surface area (Å²) >= 11 is 0. The molecule has 0 bridgehead atoms. The Morgan fingerprint density at radius 3 is 2.46 bits per heavy atom. The van der Waals surface area contributed by atoms with Crippen molar-refractivity contribution in [1.82, 2.24) is 15.1 Å². The van der Waals surface area contributed by atoms with Crippen LogP contribution < -0.4 is 14.8 Å². The lowest BCUT2D eigenvalue weighted by molar-refractivity contribution is 0.383. The molecule has 3 rings (SSSR count). The van der Waals surface area contributed by atoms with E-state index in [4.69, 9.17) is 14.0 Å². The Labute approximate surface area is 153 Å². The van der Waals surface area contributed by atoms with Gasteiger partial charge in [0.2, 0.25) is 5.95 Å². The zero-order chi connectivity index (χ0) is 18.7. The molecular weight excluding hydrogens is 356 g/mol. The lowest BCUT2D eigenvalue weighted by atomic mass is 10.2. The molecule has 2 heterocycles. The quantitative estimate of drug-likeness (QED) is 0.703. The first-order valence-corrected chi connectivity index (χ1v) is 9.21. The standard InChI is InChI=1S/C17H18N4O4S/c1-10-15(16(21-25-10)26(4)22)14-5-6-18-17(20-14)19-11-7-12(23-2)9-13(8-11)24-3/h5-9H,1-4H3,(H,18,19,20). The van der Waals surface area contributed by atoms with E-state index in [1.807, 2.05) is 0 Å². The van der Waals surface area contributed by atoms with Gasteiger partial charge in [-0.05, 0) is 13.0 Å². The molecule has 0 aliphatic carbocycles. The Bertz CT molecular complexity index is 935. The molecule has 0 radical (unpaired) electrons. The maximum absolute atomic E-state index is 11.9. The fourth-order valence-corrected chi connectivity index (χ4v) is 3.08. The Kier molecular flexibility index (Phi) is 5.17. The first-order chi connectivity index (χ1) is 12.5. The predicted octanol–water partition coefficient (Wildman–Crippen LogP) is 2.94. The molecule has 1 aromatic carbocycles. The Balaban J connectivity index is 1.96. The summed E-state index contributed by atoms with van der Waals surface area (Å²) < 4.78 is 27.6. The number of hydrogen-bond acceptors (Lipinski definition) is 8. The van der Waals surface area contributed by atoms with Crippen LogP contribution in [-0.2, 0) is 10.8 Å². The number of nitrogens with zero attached hydrogens (tertiary/aromatic N) is 3. The van der Waals surface area contributed by atoms with Crippen LogP contribution in [0.3, 0.4) is 0 Å². The first kappa shape index (κ1) is 17.9. The molecule has 0 aliphatic heterocycles. The molecule has 0 spiro atoms. The van der Waals surface area contributed by atoms with Gasteiger partial charge in [0.1, 0.15) is 17.3 Å². The van der Waals surface area contributed by atoms with Crippen molar-refractivity contribution >= 4 is 22.4 Å². The molecule has 0 amide bonds. The monoisotopic (exact) mass is 374 g/mol. The van der Waals surface area contributed by atoms with Crippen LogP contribution in [0.2, 0.25) is 0 Å². The van der Waals surface area contributed by atoms with Gasteiger partial charge in [0, 0.05) is 36.3 Å². The van der Waals surface area contributed by atoms with Crippen molar-refractivity contribution in [2.75, 3.05) is 25.8 Å². The summed E-state index contributed by atoms with van der Waals surface area (Å²) in [4.78, 5) is 8.72. The minimum atomic E-state index is -1.29. The van der Waals surface area contributed by atoms with Crippen LogP contribution in [0.4, 0.5) is 11.6 Å². The second-order valence-electron chi connectivity index (χ2n) is 5.36. The maximum Gasteiger partial charge on any atom is 0.227 e. The molecule has 9 heteroatoms. The van der Waals surface area contributed by atoms with Crippen molar-refractivity contribution in [3.05, 3.63) is 36.2 Å². The van der Waals surface area contributed by atoms with Crippen molar-refractivity contribution in [2.24, 2.45) is 0 Å². The molecule has 1 unspecified atom stereocenters. The number of nitrogens with one attached hydrogen (secondary N) is 1. The second-order valence-corrected chi connectivity index (χ2v) is 6.66. The van der Waals surface area contributed by atoms with E-state index in [0.29, 0.717) is 45.2 Å². The van der Waals surface area contributed by atoms with Gasteiger partial charge in [0.15, 0.2) is 5.03 Å². The van der Waals surface area contributed by atoms with Crippen LogP contribution in [-0.4, -0.2) is 39.8 Å². The van der Waals surface area contributed by atoms with E-state index in [0.717, 1.165) is 0 Å². The smallest absolute Gasteiger partial charge is 0.227 e. The van der Waals surface area contributed by atoms with Gasteiger partial charge in [-0.3, -0.25) is 4.21 Å². The molecule has 1 atom stereocenters. The van der Waals surface area contributed by atoms with Gasteiger partial charge in [0.05, 0.1) is 36.3 Å². The number of aryl methyl sites for hydroxylation is 1. The van der Waals surface area contributed by atoms with Crippen LogP contribution in [0.1, 0.15) is 5.76 Å². The van der Waals surface area contributed by atoms with Crippen LogP contribution >= 0.6 is 0 Å². The lowest BCUT2D eigenvalue weighted by Crippen LogP contribution is -2.00. The predicted molar refractivity (Wildman–Crippen MR) is 97.4 cm³/mol. The minimum Gasteiger partial charge on any atom is -0.497 e. The van der Waals surface area contributed by atoms with Gasteiger partial charge in [-0.2, -0.15) is 0 Å². The molecule has 1 N–H and O–H groups in total. The highest BCUT2D eigenvalue weighted by molar-refractivity contribution is 7.84. The Morgan fingerprint density at radius 2 is 1.85 bits per heavy atom. The van der Waals surface area contributed by atoms with Crippen molar-refractivity contribution in [2.45, 2.75) is 11.9 Å². The third-order valence-corrected chi connectivity index (χ3v) is 4.45. The molecule has 0 saturated heterocycles. The summed E-state index contributed by atoms with van der Waals surface area (Å²) in [5.74, 6) is 2.19. The summed E-state index contributed by atoms with van der Waals surface area (Å²) in [7, 11) is 1.87. The molecule has 3 aromatic rings. The van der Waals surface area contributed by atoms with Crippen molar-refractivity contribution in [3.8, 4) is 22.8 Å². The first-order valence-electron chi connectivity index (χ1n) is 7.65. The van der Waals surface area contributed by atoms with Crippen molar-refractivity contribution in [1.29, 1.82) is 0 Å². The zero-order valence-electron chi connectivity index (χ0n) is 14.8. The summed E-state index contributed by atoms with van der Waals surface area (Å²) in [6, 6.07) is 7.09. The largest absolute Gasteiger partial charge is 0.497 e. The average Bonchev–Trinajstić information content (AvgIpc) is 3.03.